The maximum Gasteiger partial charge on any atom is 0.119 e. The monoisotopic (exact) mass is 327 g/mol. The summed E-state index contributed by atoms with van der Waals surface area (Å²) < 4.78 is 9.41. The Hall–Kier alpha value is -2.80. The highest BCUT2D eigenvalue weighted by Gasteiger charge is 2.06. The third-order valence-corrected chi connectivity index (χ3v) is 3.67. The van der Waals surface area contributed by atoms with Crippen molar-refractivity contribution < 1.29 is 9.84 Å². The Kier molecular flexibility index (Phi) is 5.12. The fourth-order valence-corrected chi connectivity index (χ4v) is 2.30. The first-order valence-corrected chi connectivity index (χ1v) is 7.76. The van der Waals surface area contributed by atoms with Crippen LogP contribution in [0.25, 0.3) is 0 Å². The van der Waals surface area contributed by atoms with E-state index in [2.05, 4.69) is 15.3 Å². The second-order valence-electron chi connectivity index (χ2n) is 5.60. The maximum atomic E-state index is 9.96. The molecule has 0 fully saturated rings. The van der Waals surface area contributed by atoms with Crippen LogP contribution in [0, 0.1) is 0 Å². The molecule has 2 heterocycles. The number of aryl methyl sites for hydroxylation is 1. The Morgan fingerprint density at radius 1 is 1.21 bits per heavy atom. The highest BCUT2D eigenvalue weighted by Crippen LogP contribution is 2.16. The summed E-state index contributed by atoms with van der Waals surface area (Å²) in [7, 11) is 1.97. The van der Waals surface area contributed by atoms with Gasteiger partial charge in [0.05, 0.1) is 31.4 Å². The molecule has 7 heteroatoms. The zero-order valence-electron chi connectivity index (χ0n) is 13.5. The van der Waals surface area contributed by atoms with E-state index in [9.17, 15) is 5.11 Å². The molecular weight excluding hydrogens is 306 g/mol. The molecular formula is C17H21N5O2. The first-order chi connectivity index (χ1) is 11.7. The van der Waals surface area contributed by atoms with E-state index in [0.717, 1.165) is 17.1 Å². The predicted molar refractivity (Wildman–Crippen MR) is 90.7 cm³/mol. The van der Waals surface area contributed by atoms with Crippen molar-refractivity contribution in [1.29, 1.82) is 0 Å². The summed E-state index contributed by atoms with van der Waals surface area (Å²) in [4.78, 5) is 8.03. The summed E-state index contributed by atoms with van der Waals surface area (Å²) in [5, 5.41) is 13.3. The van der Waals surface area contributed by atoms with Crippen LogP contribution in [0.3, 0.4) is 0 Å². The van der Waals surface area contributed by atoms with Gasteiger partial charge in [-0.1, -0.05) is 0 Å². The SMILES string of the molecule is Cn1cncc1CNc1ccc(OCC(O)Cn2ccnc2)cc1. The van der Waals surface area contributed by atoms with Gasteiger partial charge in [0.15, 0.2) is 0 Å². The molecule has 0 radical (unpaired) electrons. The molecule has 2 aromatic heterocycles. The first kappa shape index (κ1) is 16.1. The zero-order chi connectivity index (χ0) is 16.8. The Morgan fingerprint density at radius 2 is 2.04 bits per heavy atom. The minimum Gasteiger partial charge on any atom is -0.491 e. The molecule has 0 saturated carbocycles. The van der Waals surface area contributed by atoms with Crippen LogP contribution in [0.2, 0.25) is 0 Å². The van der Waals surface area contributed by atoms with E-state index in [-0.39, 0.29) is 6.61 Å². The zero-order valence-corrected chi connectivity index (χ0v) is 13.5. The molecule has 3 rings (SSSR count). The largest absolute Gasteiger partial charge is 0.491 e. The number of hydrogen-bond acceptors (Lipinski definition) is 5. The Labute approximate surface area is 140 Å². The molecule has 0 saturated heterocycles. The fraction of sp³-hybridized carbons (Fsp3) is 0.294. The Morgan fingerprint density at radius 3 is 2.71 bits per heavy atom. The second-order valence-corrected chi connectivity index (χ2v) is 5.60. The van der Waals surface area contributed by atoms with Crippen molar-refractivity contribution in [3.63, 3.8) is 0 Å². The van der Waals surface area contributed by atoms with Crippen molar-refractivity contribution in [3.8, 4) is 5.75 Å². The number of aliphatic hydroxyl groups excluding tert-OH is 1. The molecule has 1 aromatic carbocycles. The van der Waals surface area contributed by atoms with E-state index in [1.807, 2.05) is 52.8 Å². The normalized spacial score (nSPS) is 12.1. The summed E-state index contributed by atoms with van der Waals surface area (Å²) >= 11 is 0. The first-order valence-electron chi connectivity index (χ1n) is 7.76. The molecule has 0 spiro atoms. The van der Waals surface area contributed by atoms with Gasteiger partial charge in [0.25, 0.3) is 0 Å². The van der Waals surface area contributed by atoms with E-state index in [0.29, 0.717) is 13.1 Å². The van der Waals surface area contributed by atoms with Gasteiger partial charge < -0.3 is 24.3 Å². The Bertz CT molecular complexity index is 737. The van der Waals surface area contributed by atoms with Crippen molar-refractivity contribution in [3.05, 3.63) is 61.2 Å². The average molecular weight is 327 g/mol. The summed E-state index contributed by atoms with van der Waals surface area (Å²) in [6, 6.07) is 7.67. The van der Waals surface area contributed by atoms with E-state index in [1.165, 1.54) is 0 Å². The lowest BCUT2D eigenvalue weighted by molar-refractivity contribution is 0.0925. The van der Waals surface area contributed by atoms with Crippen LogP contribution in [0.1, 0.15) is 5.69 Å². The molecule has 0 aliphatic carbocycles. The van der Waals surface area contributed by atoms with E-state index in [4.69, 9.17) is 4.74 Å². The molecule has 126 valence electrons. The van der Waals surface area contributed by atoms with Crippen LogP contribution in [0.5, 0.6) is 5.75 Å². The van der Waals surface area contributed by atoms with Crippen LogP contribution in [0.4, 0.5) is 5.69 Å². The van der Waals surface area contributed by atoms with Crippen LogP contribution in [0.15, 0.2) is 55.5 Å². The van der Waals surface area contributed by atoms with Crippen LogP contribution >= 0.6 is 0 Å². The summed E-state index contributed by atoms with van der Waals surface area (Å²) in [6.07, 6.45) is 8.21. The van der Waals surface area contributed by atoms with Crippen LogP contribution in [-0.4, -0.2) is 36.9 Å². The lowest BCUT2D eigenvalue weighted by Gasteiger charge is -2.13. The van der Waals surface area contributed by atoms with E-state index < -0.39 is 6.10 Å². The number of aromatic nitrogens is 4. The number of anilines is 1. The molecule has 0 aliphatic rings. The molecule has 3 aromatic rings. The van der Waals surface area contributed by atoms with Gasteiger partial charge in [0.2, 0.25) is 0 Å². The molecule has 2 N–H and O–H groups in total. The highest BCUT2D eigenvalue weighted by atomic mass is 16.5. The lowest BCUT2D eigenvalue weighted by Crippen LogP contribution is -2.22. The van der Waals surface area contributed by atoms with Crippen LogP contribution < -0.4 is 10.1 Å². The molecule has 0 bridgehead atoms. The number of imidazole rings is 2. The molecule has 7 nitrogen and oxygen atoms in total. The van der Waals surface area contributed by atoms with Gasteiger partial charge in [-0.15, -0.1) is 0 Å². The van der Waals surface area contributed by atoms with Crippen molar-refractivity contribution in [2.45, 2.75) is 19.2 Å². The average Bonchev–Trinajstić information content (AvgIpc) is 3.24. The predicted octanol–water partition coefficient (Wildman–Crippen LogP) is 1.67. The third kappa shape index (κ3) is 4.36. The van der Waals surface area contributed by atoms with Gasteiger partial charge in [-0.25, -0.2) is 9.97 Å². The maximum absolute atomic E-state index is 9.96. The quantitative estimate of drug-likeness (QED) is 0.658. The minimum absolute atomic E-state index is 0.236. The number of ether oxygens (including phenoxy) is 1. The second kappa shape index (κ2) is 7.65. The number of nitrogens with zero attached hydrogens (tertiary/aromatic N) is 4. The molecule has 24 heavy (non-hydrogen) atoms. The number of benzene rings is 1. The van der Waals surface area contributed by atoms with Crippen molar-refractivity contribution >= 4 is 5.69 Å². The highest BCUT2D eigenvalue weighted by molar-refractivity contribution is 5.46. The smallest absolute Gasteiger partial charge is 0.119 e. The number of aliphatic hydroxyl groups is 1. The number of hydrogen-bond donors (Lipinski definition) is 2. The molecule has 0 amide bonds. The van der Waals surface area contributed by atoms with Gasteiger partial charge in [0, 0.05) is 31.3 Å². The van der Waals surface area contributed by atoms with Crippen LogP contribution in [-0.2, 0) is 20.1 Å². The Balaban J connectivity index is 1.45. The topological polar surface area (TPSA) is 77.1 Å². The number of rotatable bonds is 8. The van der Waals surface area contributed by atoms with E-state index in [1.54, 1.807) is 18.9 Å². The molecule has 0 aliphatic heterocycles. The molecule has 1 unspecified atom stereocenters. The van der Waals surface area contributed by atoms with Crippen molar-refractivity contribution in [2.75, 3.05) is 11.9 Å². The van der Waals surface area contributed by atoms with Gasteiger partial charge in [-0.05, 0) is 24.3 Å². The minimum atomic E-state index is -0.582. The van der Waals surface area contributed by atoms with Crippen molar-refractivity contribution in [1.82, 2.24) is 19.1 Å². The standard InChI is InChI=1S/C17H21N5O2/c1-21-12-19-8-15(21)9-20-14-2-4-17(5-3-14)24-11-16(23)10-22-7-6-18-13-22/h2-8,12-13,16,20,23H,9-11H2,1H3. The number of nitrogens with one attached hydrogen (secondary N) is 1. The van der Waals surface area contributed by atoms with Gasteiger partial charge in [0.1, 0.15) is 18.5 Å². The van der Waals surface area contributed by atoms with Gasteiger partial charge >= 0.3 is 0 Å². The summed E-state index contributed by atoms with van der Waals surface area (Å²) in [5.74, 6) is 0.728. The molecule has 1 atom stereocenters. The summed E-state index contributed by atoms with van der Waals surface area (Å²) in [5.41, 5.74) is 2.11. The fourth-order valence-electron chi connectivity index (χ4n) is 2.30. The third-order valence-electron chi connectivity index (χ3n) is 3.67. The summed E-state index contributed by atoms with van der Waals surface area (Å²) in [6.45, 7) is 1.41. The van der Waals surface area contributed by atoms with Crippen molar-refractivity contribution in [2.24, 2.45) is 7.05 Å². The van der Waals surface area contributed by atoms with E-state index >= 15 is 0 Å². The lowest BCUT2D eigenvalue weighted by atomic mass is 10.3. The van der Waals surface area contributed by atoms with Gasteiger partial charge in [-0.2, -0.15) is 0 Å². The van der Waals surface area contributed by atoms with Gasteiger partial charge in [-0.3, -0.25) is 0 Å².